The van der Waals surface area contributed by atoms with Crippen LogP contribution >= 0.6 is 10.7 Å². The molecule has 1 saturated heterocycles. The average molecular weight is 284 g/mol. The summed E-state index contributed by atoms with van der Waals surface area (Å²) in [6.45, 7) is 6.29. The van der Waals surface area contributed by atoms with Gasteiger partial charge in [0, 0.05) is 23.8 Å². The number of carbonyl (C=O) groups is 1. The van der Waals surface area contributed by atoms with Crippen LogP contribution in [0.2, 0.25) is 0 Å². The number of ether oxygens (including phenoxy) is 1. The molecule has 0 radical (unpaired) electrons. The molecule has 1 atom stereocenters. The molecule has 0 aliphatic carbocycles. The third-order valence-corrected chi connectivity index (χ3v) is 3.62. The van der Waals surface area contributed by atoms with Crippen molar-refractivity contribution in [2.24, 2.45) is 5.92 Å². The van der Waals surface area contributed by atoms with Crippen LogP contribution in [-0.4, -0.2) is 43.9 Å². The van der Waals surface area contributed by atoms with E-state index in [0.29, 0.717) is 19.5 Å². The summed E-state index contributed by atoms with van der Waals surface area (Å²) in [4.78, 5) is 13.2. The van der Waals surface area contributed by atoms with Crippen molar-refractivity contribution in [1.29, 1.82) is 0 Å². The second-order valence-corrected chi connectivity index (χ2v) is 8.11. The largest absolute Gasteiger partial charge is 0.444 e. The highest BCUT2D eigenvalue weighted by atomic mass is 35.7. The molecule has 17 heavy (non-hydrogen) atoms. The molecule has 1 rings (SSSR count). The number of hydrogen-bond donors (Lipinski definition) is 0. The molecule has 1 amide bonds. The predicted molar refractivity (Wildman–Crippen MR) is 65.6 cm³/mol. The molecule has 0 spiro atoms. The van der Waals surface area contributed by atoms with Crippen molar-refractivity contribution < 1.29 is 17.9 Å². The highest BCUT2D eigenvalue weighted by molar-refractivity contribution is 8.13. The van der Waals surface area contributed by atoms with E-state index in [1.807, 2.05) is 0 Å². The van der Waals surface area contributed by atoms with Crippen molar-refractivity contribution in [3.05, 3.63) is 0 Å². The smallest absolute Gasteiger partial charge is 0.410 e. The minimum atomic E-state index is -3.50. The van der Waals surface area contributed by atoms with Gasteiger partial charge in [-0.05, 0) is 33.1 Å². The van der Waals surface area contributed by atoms with Crippen molar-refractivity contribution in [2.75, 3.05) is 18.8 Å². The van der Waals surface area contributed by atoms with Gasteiger partial charge in [-0.15, -0.1) is 0 Å². The van der Waals surface area contributed by atoms with Gasteiger partial charge < -0.3 is 9.64 Å². The molecule has 1 fully saturated rings. The first-order valence-electron chi connectivity index (χ1n) is 5.47. The van der Waals surface area contributed by atoms with Crippen LogP contribution in [-0.2, 0) is 13.8 Å². The standard InChI is InChI=1S/C10H18ClNO4S/c1-10(2,3)16-9(13)12-5-4-8(6-12)7-17(11,14)15/h8H,4-7H2,1-3H3/t8-/m0/s1. The summed E-state index contributed by atoms with van der Waals surface area (Å²) in [6.07, 6.45) is 0.248. The third-order valence-electron chi connectivity index (χ3n) is 2.37. The van der Waals surface area contributed by atoms with Gasteiger partial charge in [0.2, 0.25) is 9.05 Å². The maximum absolute atomic E-state index is 11.7. The minimum absolute atomic E-state index is 0.0894. The summed E-state index contributed by atoms with van der Waals surface area (Å²) in [5.41, 5.74) is -0.534. The summed E-state index contributed by atoms with van der Waals surface area (Å²) in [5, 5.41) is 0. The topological polar surface area (TPSA) is 63.7 Å². The number of rotatable bonds is 2. The lowest BCUT2D eigenvalue weighted by Crippen LogP contribution is -2.35. The lowest BCUT2D eigenvalue weighted by atomic mass is 10.2. The van der Waals surface area contributed by atoms with Crippen LogP contribution in [0.15, 0.2) is 0 Å². The molecular weight excluding hydrogens is 266 g/mol. The monoisotopic (exact) mass is 283 g/mol. The molecule has 0 aromatic rings. The molecule has 0 bridgehead atoms. The number of likely N-dealkylation sites (tertiary alicyclic amines) is 1. The van der Waals surface area contributed by atoms with Crippen LogP contribution in [0.1, 0.15) is 27.2 Å². The van der Waals surface area contributed by atoms with Gasteiger partial charge in [-0.25, -0.2) is 13.2 Å². The average Bonchev–Trinajstić information content (AvgIpc) is 2.45. The summed E-state index contributed by atoms with van der Waals surface area (Å²) in [5.74, 6) is -0.182. The lowest BCUT2D eigenvalue weighted by Gasteiger charge is -2.24. The Labute approximate surface area is 106 Å². The molecule has 100 valence electrons. The van der Waals surface area contributed by atoms with Gasteiger partial charge >= 0.3 is 6.09 Å². The van der Waals surface area contributed by atoms with Crippen LogP contribution in [0.3, 0.4) is 0 Å². The first-order chi connectivity index (χ1) is 7.57. The SMILES string of the molecule is CC(C)(C)OC(=O)N1CC[C@H](CS(=O)(=O)Cl)C1. The van der Waals surface area contributed by atoms with Crippen LogP contribution in [0.5, 0.6) is 0 Å². The van der Waals surface area contributed by atoms with E-state index in [1.54, 1.807) is 20.8 Å². The van der Waals surface area contributed by atoms with E-state index in [2.05, 4.69) is 0 Å². The zero-order valence-electron chi connectivity index (χ0n) is 10.3. The number of amides is 1. The Kier molecular flexibility index (Phi) is 4.30. The summed E-state index contributed by atoms with van der Waals surface area (Å²) < 4.78 is 27.1. The van der Waals surface area contributed by atoms with Crippen molar-refractivity contribution in [3.8, 4) is 0 Å². The van der Waals surface area contributed by atoms with E-state index in [9.17, 15) is 13.2 Å². The second-order valence-electron chi connectivity index (χ2n) is 5.29. The van der Waals surface area contributed by atoms with Gasteiger partial charge in [-0.1, -0.05) is 0 Å². The summed E-state index contributed by atoms with van der Waals surface area (Å²) in [7, 11) is 1.69. The Balaban J connectivity index is 2.48. The van der Waals surface area contributed by atoms with Gasteiger partial charge in [0.15, 0.2) is 0 Å². The van der Waals surface area contributed by atoms with Crippen molar-refractivity contribution >= 4 is 25.8 Å². The van der Waals surface area contributed by atoms with Gasteiger partial charge in [-0.2, -0.15) is 0 Å². The quantitative estimate of drug-likeness (QED) is 0.725. The van der Waals surface area contributed by atoms with E-state index in [1.165, 1.54) is 4.90 Å². The highest BCUT2D eigenvalue weighted by Crippen LogP contribution is 2.21. The molecule has 1 aliphatic heterocycles. The van der Waals surface area contributed by atoms with E-state index >= 15 is 0 Å². The normalized spacial score (nSPS) is 21.6. The summed E-state index contributed by atoms with van der Waals surface area (Å²) >= 11 is 0. The molecule has 0 aromatic heterocycles. The Hall–Kier alpha value is -0.490. The molecule has 0 aromatic carbocycles. The third kappa shape index (κ3) is 5.59. The molecule has 0 unspecified atom stereocenters. The second kappa shape index (κ2) is 5.02. The molecule has 0 saturated carbocycles. The predicted octanol–water partition coefficient (Wildman–Crippen LogP) is 1.81. The molecule has 1 aliphatic rings. The zero-order chi connectivity index (χ0) is 13.3. The van der Waals surface area contributed by atoms with E-state index in [4.69, 9.17) is 15.4 Å². The molecule has 5 nitrogen and oxygen atoms in total. The van der Waals surface area contributed by atoms with E-state index < -0.39 is 20.7 Å². The number of nitrogens with zero attached hydrogens (tertiary/aromatic N) is 1. The molecule has 7 heteroatoms. The van der Waals surface area contributed by atoms with Crippen molar-refractivity contribution in [2.45, 2.75) is 32.8 Å². The zero-order valence-corrected chi connectivity index (χ0v) is 11.8. The molecular formula is C10H18ClNO4S. The number of halogens is 1. The van der Waals surface area contributed by atoms with Crippen LogP contribution in [0.25, 0.3) is 0 Å². The van der Waals surface area contributed by atoms with E-state index in [0.717, 1.165) is 0 Å². The van der Waals surface area contributed by atoms with Crippen molar-refractivity contribution in [1.82, 2.24) is 4.90 Å². The fourth-order valence-corrected chi connectivity index (χ4v) is 3.11. The fourth-order valence-electron chi connectivity index (χ4n) is 1.74. The van der Waals surface area contributed by atoms with E-state index in [-0.39, 0.29) is 11.7 Å². The maximum atomic E-state index is 11.7. The lowest BCUT2D eigenvalue weighted by molar-refractivity contribution is 0.0289. The number of hydrogen-bond acceptors (Lipinski definition) is 4. The summed E-state index contributed by atoms with van der Waals surface area (Å²) in [6, 6.07) is 0. The highest BCUT2D eigenvalue weighted by Gasteiger charge is 2.31. The Bertz CT molecular complexity index is 388. The molecule has 0 N–H and O–H groups in total. The van der Waals surface area contributed by atoms with Crippen LogP contribution in [0, 0.1) is 5.92 Å². The van der Waals surface area contributed by atoms with Gasteiger partial charge in [0.25, 0.3) is 0 Å². The molecule has 1 heterocycles. The van der Waals surface area contributed by atoms with Gasteiger partial charge in [0.1, 0.15) is 5.60 Å². The minimum Gasteiger partial charge on any atom is -0.444 e. The van der Waals surface area contributed by atoms with Crippen LogP contribution in [0.4, 0.5) is 4.79 Å². The van der Waals surface area contributed by atoms with Crippen molar-refractivity contribution in [3.63, 3.8) is 0 Å². The van der Waals surface area contributed by atoms with Gasteiger partial charge in [-0.3, -0.25) is 0 Å². The first kappa shape index (κ1) is 14.6. The Morgan fingerprint density at radius 1 is 1.47 bits per heavy atom. The Morgan fingerprint density at radius 3 is 2.53 bits per heavy atom. The maximum Gasteiger partial charge on any atom is 0.410 e. The van der Waals surface area contributed by atoms with Crippen LogP contribution < -0.4 is 0 Å². The Morgan fingerprint density at radius 2 is 2.06 bits per heavy atom. The first-order valence-corrected chi connectivity index (χ1v) is 7.95. The van der Waals surface area contributed by atoms with Gasteiger partial charge in [0.05, 0.1) is 5.75 Å². The fraction of sp³-hybridized carbons (Fsp3) is 0.900. The number of carbonyl (C=O) groups excluding carboxylic acids is 1.